The van der Waals surface area contributed by atoms with Crippen molar-refractivity contribution < 1.29 is 0 Å². The summed E-state index contributed by atoms with van der Waals surface area (Å²) in [5.41, 5.74) is 1.49. The maximum atomic E-state index is 5.07. The van der Waals surface area contributed by atoms with Crippen LogP contribution in [0.15, 0.2) is 0 Å². The molecule has 1 aliphatic heterocycles. The van der Waals surface area contributed by atoms with Crippen LogP contribution in [-0.4, -0.2) is 24.1 Å². The molecule has 2 unspecified atom stereocenters. The minimum Gasteiger partial charge on any atom is -0.316 e. The van der Waals surface area contributed by atoms with Gasteiger partial charge in [0.2, 0.25) is 0 Å². The van der Waals surface area contributed by atoms with E-state index in [1.807, 2.05) is 11.3 Å². The number of piperidine rings is 1. The molecule has 3 nitrogen and oxygen atoms in total. The van der Waals surface area contributed by atoms with E-state index >= 15 is 0 Å². The first-order chi connectivity index (χ1) is 9.65. The molecule has 0 saturated carbocycles. The number of thiazole rings is 1. The van der Waals surface area contributed by atoms with Crippen LogP contribution >= 0.6 is 11.3 Å². The van der Waals surface area contributed by atoms with Gasteiger partial charge in [0.05, 0.1) is 11.2 Å². The minimum atomic E-state index is 0.100. The number of fused-ring (bicyclic) bond motifs is 1. The second kappa shape index (κ2) is 5.74. The van der Waals surface area contributed by atoms with Gasteiger partial charge in [-0.1, -0.05) is 6.92 Å². The molecule has 20 heavy (non-hydrogen) atoms. The molecule has 1 aliphatic carbocycles. The van der Waals surface area contributed by atoms with E-state index in [9.17, 15) is 0 Å². The lowest BCUT2D eigenvalue weighted by Gasteiger charge is -2.45. The van der Waals surface area contributed by atoms with Crippen molar-refractivity contribution in [3.05, 3.63) is 15.6 Å². The van der Waals surface area contributed by atoms with E-state index in [4.69, 9.17) is 4.98 Å². The maximum absolute atomic E-state index is 5.07. The lowest BCUT2D eigenvalue weighted by molar-refractivity contribution is 0.137. The van der Waals surface area contributed by atoms with Crippen LogP contribution in [0.4, 0.5) is 0 Å². The second-order valence-electron chi connectivity index (χ2n) is 6.57. The van der Waals surface area contributed by atoms with Crippen molar-refractivity contribution in [2.24, 2.45) is 5.92 Å². The fourth-order valence-corrected chi connectivity index (χ4v) is 5.27. The Bertz CT molecular complexity index is 447. The molecule has 2 atom stereocenters. The number of aromatic nitrogens is 1. The lowest BCUT2D eigenvalue weighted by atomic mass is 9.76. The smallest absolute Gasteiger partial charge is 0.114 e. The van der Waals surface area contributed by atoms with E-state index in [-0.39, 0.29) is 5.54 Å². The van der Waals surface area contributed by atoms with Crippen molar-refractivity contribution >= 4 is 11.3 Å². The largest absolute Gasteiger partial charge is 0.316 e. The molecule has 0 amide bonds. The van der Waals surface area contributed by atoms with Crippen LogP contribution in [0.5, 0.6) is 0 Å². The molecule has 1 aromatic rings. The van der Waals surface area contributed by atoms with Crippen LogP contribution in [-0.2, 0) is 18.4 Å². The van der Waals surface area contributed by atoms with Crippen molar-refractivity contribution in [3.63, 3.8) is 0 Å². The number of nitrogens with zero attached hydrogens (tertiary/aromatic N) is 1. The zero-order chi connectivity index (χ0) is 14.2. The quantitative estimate of drug-likeness (QED) is 0.896. The summed E-state index contributed by atoms with van der Waals surface area (Å²) >= 11 is 1.99. The van der Waals surface area contributed by atoms with E-state index < -0.39 is 0 Å². The minimum absolute atomic E-state index is 0.100. The van der Waals surface area contributed by atoms with Gasteiger partial charge in [-0.15, -0.1) is 11.3 Å². The van der Waals surface area contributed by atoms with Crippen LogP contribution in [0, 0.1) is 5.92 Å². The molecule has 2 heterocycles. The summed E-state index contributed by atoms with van der Waals surface area (Å²) in [6, 6.07) is 0.501. The Morgan fingerprint density at radius 3 is 3.00 bits per heavy atom. The van der Waals surface area contributed by atoms with Gasteiger partial charge in [-0.05, 0) is 58.4 Å². The molecule has 1 aromatic heterocycles. The summed E-state index contributed by atoms with van der Waals surface area (Å²) in [7, 11) is 0. The van der Waals surface area contributed by atoms with Crippen molar-refractivity contribution in [3.8, 4) is 0 Å². The van der Waals surface area contributed by atoms with Gasteiger partial charge < -0.3 is 10.6 Å². The first-order valence-corrected chi connectivity index (χ1v) is 8.95. The first kappa shape index (κ1) is 14.5. The number of hydrogen-bond acceptors (Lipinski definition) is 4. The molecule has 2 N–H and O–H groups in total. The molecular weight excluding hydrogens is 266 g/mol. The molecule has 1 saturated heterocycles. The SMILES string of the molecule is CCC1CNCCC1(NC(C)C)c1nc2c(s1)CCC2. The first-order valence-electron chi connectivity index (χ1n) is 8.13. The third kappa shape index (κ3) is 2.42. The zero-order valence-corrected chi connectivity index (χ0v) is 13.8. The fraction of sp³-hybridized carbons (Fsp3) is 0.812. The Kier molecular flexibility index (Phi) is 4.16. The van der Waals surface area contributed by atoms with Crippen molar-refractivity contribution in [2.45, 2.75) is 64.5 Å². The van der Waals surface area contributed by atoms with Gasteiger partial charge in [0.15, 0.2) is 0 Å². The van der Waals surface area contributed by atoms with Crippen LogP contribution in [0.1, 0.15) is 55.6 Å². The molecule has 1 fully saturated rings. The maximum Gasteiger partial charge on any atom is 0.114 e. The molecule has 0 spiro atoms. The predicted octanol–water partition coefficient (Wildman–Crippen LogP) is 2.84. The van der Waals surface area contributed by atoms with Crippen molar-refractivity contribution in [1.29, 1.82) is 0 Å². The molecule has 0 aromatic carbocycles. The average Bonchev–Trinajstić information content (AvgIpc) is 2.99. The highest BCUT2D eigenvalue weighted by molar-refractivity contribution is 7.12. The van der Waals surface area contributed by atoms with Crippen LogP contribution < -0.4 is 10.6 Å². The van der Waals surface area contributed by atoms with Gasteiger partial charge in [-0.3, -0.25) is 0 Å². The summed E-state index contributed by atoms with van der Waals surface area (Å²) in [6.07, 6.45) is 6.11. The Labute approximate surface area is 126 Å². The van der Waals surface area contributed by atoms with E-state index in [2.05, 4.69) is 31.4 Å². The highest BCUT2D eigenvalue weighted by Crippen LogP contribution is 2.42. The highest BCUT2D eigenvalue weighted by atomic mass is 32.1. The zero-order valence-electron chi connectivity index (χ0n) is 13.0. The normalized spacial score (nSPS) is 29.9. The third-order valence-electron chi connectivity index (χ3n) is 4.80. The van der Waals surface area contributed by atoms with Crippen molar-refractivity contribution in [2.75, 3.05) is 13.1 Å². The average molecular weight is 293 g/mol. The van der Waals surface area contributed by atoms with E-state index in [0.29, 0.717) is 12.0 Å². The van der Waals surface area contributed by atoms with E-state index in [1.54, 1.807) is 4.88 Å². The standard InChI is InChI=1S/C16H27N3S/c1-4-12-10-17-9-8-16(12,19-11(2)3)15-18-13-6-5-7-14(13)20-15/h11-12,17,19H,4-10H2,1-3H3. The van der Waals surface area contributed by atoms with Gasteiger partial charge in [-0.25, -0.2) is 4.98 Å². The molecule has 2 aliphatic rings. The summed E-state index contributed by atoms with van der Waals surface area (Å²) in [4.78, 5) is 6.62. The number of nitrogens with one attached hydrogen (secondary N) is 2. The Hall–Kier alpha value is -0.450. The van der Waals surface area contributed by atoms with Crippen molar-refractivity contribution in [1.82, 2.24) is 15.6 Å². The third-order valence-corrected chi connectivity index (χ3v) is 6.14. The molecule has 0 bridgehead atoms. The van der Waals surface area contributed by atoms with Gasteiger partial charge >= 0.3 is 0 Å². The molecule has 0 radical (unpaired) electrons. The van der Waals surface area contributed by atoms with E-state index in [0.717, 1.165) is 19.5 Å². The van der Waals surface area contributed by atoms with E-state index in [1.165, 1.54) is 36.4 Å². The monoisotopic (exact) mass is 293 g/mol. The van der Waals surface area contributed by atoms with Crippen LogP contribution in [0.25, 0.3) is 0 Å². The molecule has 112 valence electrons. The topological polar surface area (TPSA) is 37.0 Å². The number of rotatable bonds is 4. The highest BCUT2D eigenvalue weighted by Gasteiger charge is 2.44. The Morgan fingerprint density at radius 2 is 2.30 bits per heavy atom. The lowest BCUT2D eigenvalue weighted by Crippen LogP contribution is -2.58. The summed E-state index contributed by atoms with van der Waals surface area (Å²) in [5, 5.41) is 8.84. The summed E-state index contributed by atoms with van der Waals surface area (Å²) in [5.74, 6) is 0.643. The second-order valence-corrected chi connectivity index (χ2v) is 7.66. The molecule has 3 rings (SSSR count). The molecule has 4 heteroatoms. The van der Waals surface area contributed by atoms with Gasteiger partial charge in [0, 0.05) is 17.5 Å². The Balaban J connectivity index is 1.99. The summed E-state index contributed by atoms with van der Waals surface area (Å²) in [6.45, 7) is 9.05. The number of aryl methyl sites for hydroxylation is 2. The van der Waals surface area contributed by atoms with Gasteiger partial charge in [0.1, 0.15) is 5.01 Å². The van der Waals surface area contributed by atoms with Crippen LogP contribution in [0.2, 0.25) is 0 Å². The Morgan fingerprint density at radius 1 is 1.45 bits per heavy atom. The fourth-order valence-electron chi connectivity index (χ4n) is 3.86. The van der Waals surface area contributed by atoms with Crippen LogP contribution in [0.3, 0.4) is 0 Å². The molecular formula is C16H27N3S. The predicted molar refractivity (Wildman–Crippen MR) is 85.4 cm³/mol. The van der Waals surface area contributed by atoms with Gasteiger partial charge in [-0.2, -0.15) is 0 Å². The summed E-state index contributed by atoms with van der Waals surface area (Å²) < 4.78 is 0. The number of hydrogen-bond donors (Lipinski definition) is 2. The van der Waals surface area contributed by atoms with Gasteiger partial charge in [0.25, 0.3) is 0 Å².